The Hall–Kier alpha value is -1.29. The van der Waals surface area contributed by atoms with Crippen LogP contribution < -0.4 is 0 Å². The summed E-state index contributed by atoms with van der Waals surface area (Å²) in [4.78, 5) is 11.7. The number of ether oxygens (including phenoxy) is 1. The first-order valence-corrected chi connectivity index (χ1v) is 5.17. The third-order valence-electron chi connectivity index (χ3n) is 2.14. The Morgan fingerprint density at radius 2 is 2.12 bits per heavy atom. The Balaban J connectivity index is 2.79. The van der Waals surface area contributed by atoms with Crippen LogP contribution in [0.25, 0.3) is 0 Å². The maximum absolute atomic E-state index is 13.3. The zero-order valence-corrected chi connectivity index (χ0v) is 9.30. The zero-order valence-electron chi connectivity index (χ0n) is 9.30. The van der Waals surface area contributed by atoms with Crippen molar-refractivity contribution in [2.24, 2.45) is 0 Å². The summed E-state index contributed by atoms with van der Waals surface area (Å²) in [5, 5.41) is 0. The van der Waals surface area contributed by atoms with Crippen molar-refractivity contribution < 1.29 is 18.3 Å². The molecule has 16 heavy (non-hydrogen) atoms. The molecule has 0 saturated carbocycles. The number of benzene rings is 1. The van der Waals surface area contributed by atoms with E-state index in [4.69, 9.17) is 4.74 Å². The molecule has 4 heteroatoms. The number of ketones is 1. The highest BCUT2D eigenvalue weighted by Crippen LogP contribution is 2.13. The number of hydrogen-bond donors (Lipinski definition) is 0. The minimum absolute atomic E-state index is 0.134. The van der Waals surface area contributed by atoms with Gasteiger partial charge in [-0.2, -0.15) is 0 Å². The quantitative estimate of drug-likeness (QED) is 0.724. The highest BCUT2D eigenvalue weighted by Gasteiger charge is 2.19. The molecule has 1 aromatic rings. The molecule has 0 aromatic heterocycles. The van der Waals surface area contributed by atoms with Gasteiger partial charge in [-0.1, -0.05) is 6.92 Å². The molecule has 0 heterocycles. The fourth-order valence-corrected chi connectivity index (χ4v) is 1.28. The van der Waals surface area contributed by atoms with Gasteiger partial charge < -0.3 is 4.74 Å². The molecular weight excluding hydrogens is 214 g/mol. The standard InChI is InChI=1S/C12H14F2O2/c1-3-6-16-8(2)12(15)10-5-4-9(13)7-11(10)14/h4-5,7-8H,3,6H2,1-2H3. The predicted molar refractivity (Wildman–Crippen MR) is 56.4 cm³/mol. The molecule has 88 valence electrons. The van der Waals surface area contributed by atoms with E-state index in [1.54, 1.807) is 6.92 Å². The van der Waals surface area contributed by atoms with Crippen molar-refractivity contribution >= 4 is 5.78 Å². The lowest BCUT2D eigenvalue weighted by molar-refractivity contribution is 0.0475. The molecule has 0 saturated heterocycles. The molecular formula is C12H14F2O2. The molecule has 1 aromatic carbocycles. The number of Topliss-reactive ketones (excluding diaryl/α,β-unsaturated/α-hetero) is 1. The molecule has 1 unspecified atom stereocenters. The van der Waals surface area contributed by atoms with Gasteiger partial charge >= 0.3 is 0 Å². The summed E-state index contributed by atoms with van der Waals surface area (Å²) >= 11 is 0. The SMILES string of the molecule is CCCOC(C)C(=O)c1ccc(F)cc1F. The van der Waals surface area contributed by atoms with Crippen LogP contribution in [0.3, 0.4) is 0 Å². The third-order valence-corrected chi connectivity index (χ3v) is 2.14. The second-order valence-corrected chi connectivity index (χ2v) is 3.50. The third kappa shape index (κ3) is 3.10. The number of carbonyl (C=O) groups is 1. The van der Waals surface area contributed by atoms with Crippen LogP contribution in [0, 0.1) is 11.6 Å². The van der Waals surface area contributed by atoms with Crippen LogP contribution in [0.5, 0.6) is 0 Å². The molecule has 1 atom stereocenters. The summed E-state index contributed by atoms with van der Waals surface area (Å²) in [6.07, 6.45) is 0.0729. The van der Waals surface area contributed by atoms with Crippen molar-refractivity contribution in [3.63, 3.8) is 0 Å². The van der Waals surface area contributed by atoms with Crippen LogP contribution in [-0.2, 0) is 4.74 Å². The molecule has 0 fully saturated rings. The average molecular weight is 228 g/mol. The van der Waals surface area contributed by atoms with Gasteiger partial charge in [-0.25, -0.2) is 8.78 Å². The van der Waals surface area contributed by atoms with Gasteiger partial charge in [0.2, 0.25) is 0 Å². The molecule has 0 aliphatic rings. The van der Waals surface area contributed by atoms with E-state index in [2.05, 4.69) is 0 Å². The van der Waals surface area contributed by atoms with Crippen molar-refractivity contribution in [2.45, 2.75) is 26.4 Å². The Morgan fingerprint density at radius 3 is 2.69 bits per heavy atom. The zero-order chi connectivity index (χ0) is 12.1. The molecule has 1 rings (SSSR count). The van der Waals surface area contributed by atoms with E-state index in [9.17, 15) is 13.6 Å². The Morgan fingerprint density at radius 1 is 1.44 bits per heavy atom. The molecule has 0 aliphatic heterocycles. The van der Waals surface area contributed by atoms with Crippen LogP contribution in [0.4, 0.5) is 8.78 Å². The largest absolute Gasteiger partial charge is 0.370 e. The lowest BCUT2D eigenvalue weighted by Crippen LogP contribution is -2.22. The second kappa shape index (κ2) is 5.70. The summed E-state index contributed by atoms with van der Waals surface area (Å²) in [7, 11) is 0. The van der Waals surface area contributed by atoms with Crippen LogP contribution >= 0.6 is 0 Å². The van der Waals surface area contributed by atoms with Crippen LogP contribution in [-0.4, -0.2) is 18.5 Å². The first-order valence-electron chi connectivity index (χ1n) is 5.17. The van der Waals surface area contributed by atoms with E-state index in [-0.39, 0.29) is 5.56 Å². The first-order chi connectivity index (χ1) is 7.56. The molecule has 0 amide bonds. The van der Waals surface area contributed by atoms with Gasteiger partial charge in [0.25, 0.3) is 0 Å². The summed E-state index contributed by atoms with van der Waals surface area (Å²) in [6.45, 7) is 3.91. The van der Waals surface area contributed by atoms with Crippen molar-refractivity contribution in [3.05, 3.63) is 35.4 Å². The summed E-state index contributed by atoms with van der Waals surface area (Å²) in [5.74, 6) is -2.01. The highest BCUT2D eigenvalue weighted by atomic mass is 19.1. The molecule has 0 radical (unpaired) electrons. The maximum atomic E-state index is 13.3. The molecule has 0 bridgehead atoms. The van der Waals surface area contributed by atoms with Crippen molar-refractivity contribution in [1.82, 2.24) is 0 Å². The van der Waals surface area contributed by atoms with Gasteiger partial charge in [-0.3, -0.25) is 4.79 Å². The highest BCUT2D eigenvalue weighted by molar-refractivity contribution is 5.99. The van der Waals surface area contributed by atoms with Gasteiger partial charge in [0.15, 0.2) is 5.78 Å². The maximum Gasteiger partial charge on any atom is 0.194 e. The van der Waals surface area contributed by atoms with Crippen LogP contribution in [0.2, 0.25) is 0 Å². The Labute approximate surface area is 93.2 Å². The van der Waals surface area contributed by atoms with Gasteiger partial charge in [-0.05, 0) is 25.5 Å². The van der Waals surface area contributed by atoms with E-state index >= 15 is 0 Å². The van der Waals surface area contributed by atoms with E-state index in [0.29, 0.717) is 12.7 Å². The van der Waals surface area contributed by atoms with E-state index in [0.717, 1.165) is 18.6 Å². The van der Waals surface area contributed by atoms with Crippen molar-refractivity contribution in [1.29, 1.82) is 0 Å². The molecule has 0 N–H and O–H groups in total. The topological polar surface area (TPSA) is 26.3 Å². The van der Waals surface area contributed by atoms with Crippen LogP contribution in [0.1, 0.15) is 30.6 Å². The number of halogens is 2. The van der Waals surface area contributed by atoms with Crippen molar-refractivity contribution in [2.75, 3.05) is 6.61 Å². The minimum atomic E-state index is -0.850. The van der Waals surface area contributed by atoms with E-state index in [1.165, 1.54) is 0 Å². The molecule has 0 spiro atoms. The summed E-state index contributed by atoms with van der Waals surface area (Å²) < 4.78 is 31.1. The monoisotopic (exact) mass is 228 g/mol. The fraction of sp³-hybridized carbons (Fsp3) is 0.417. The van der Waals surface area contributed by atoms with Crippen LogP contribution in [0.15, 0.2) is 18.2 Å². The Kier molecular flexibility index (Phi) is 4.55. The minimum Gasteiger partial charge on any atom is -0.370 e. The Bertz CT molecular complexity index is 377. The average Bonchev–Trinajstić information content (AvgIpc) is 2.25. The smallest absolute Gasteiger partial charge is 0.194 e. The second-order valence-electron chi connectivity index (χ2n) is 3.50. The number of rotatable bonds is 5. The normalized spacial score (nSPS) is 12.5. The van der Waals surface area contributed by atoms with Crippen molar-refractivity contribution in [3.8, 4) is 0 Å². The van der Waals surface area contributed by atoms with Gasteiger partial charge in [0.1, 0.15) is 17.7 Å². The van der Waals surface area contributed by atoms with E-state index in [1.807, 2.05) is 6.92 Å². The van der Waals surface area contributed by atoms with Gasteiger partial charge in [0, 0.05) is 12.7 Å². The lowest BCUT2D eigenvalue weighted by atomic mass is 10.1. The number of carbonyl (C=O) groups excluding carboxylic acids is 1. The van der Waals surface area contributed by atoms with Gasteiger partial charge in [-0.15, -0.1) is 0 Å². The van der Waals surface area contributed by atoms with Gasteiger partial charge in [0.05, 0.1) is 5.56 Å². The molecule has 2 nitrogen and oxygen atoms in total. The number of hydrogen-bond acceptors (Lipinski definition) is 2. The van der Waals surface area contributed by atoms with E-state index < -0.39 is 23.5 Å². The molecule has 0 aliphatic carbocycles. The first kappa shape index (κ1) is 12.8. The fourth-order valence-electron chi connectivity index (χ4n) is 1.28. The summed E-state index contributed by atoms with van der Waals surface area (Å²) in [6, 6.07) is 2.89. The summed E-state index contributed by atoms with van der Waals surface area (Å²) in [5.41, 5.74) is -0.134. The predicted octanol–water partition coefficient (Wildman–Crippen LogP) is 2.96. The lowest BCUT2D eigenvalue weighted by Gasteiger charge is -2.11.